The molecule has 0 aromatic rings. The molecule has 1 unspecified atom stereocenters. The van der Waals surface area contributed by atoms with Crippen LogP contribution in [-0.2, 0) is 9.53 Å². The molecule has 3 nitrogen and oxygen atoms in total. The Morgan fingerprint density at radius 2 is 1.08 bits per heavy atom. The van der Waals surface area contributed by atoms with Gasteiger partial charge in [0.2, 0.25) is 0 Å². The van der Waals surface area contributed by atoms with E-state index in [9.17, 15) is 4.79 Å². The second-order valence-electron chi connectivity index (χ2n) is 11.4. The van der Waals surface area contributed by atoms with Gasteiger partial charge in [0.25, 0.3) is 0 Å². The van der Waals surface area contributed by atoms with Gasteiger partial charge in [-0.1, -0.05) is 128 Å². The van der Waals surface area contributed by atoms with Gasteiger partial charge in [0.15, 0.2) is 0 Å². The summed E-state index contributed by atoms with van der Waals surface area (Å²) in [4.78, 5) is 13.4. The zero-order chi connectivity index (χ0) is 26.5. The van der Waals surface area contributed by atoms with Gasteiger partial charge in [-0.05, 0) is 65.1 Å². The van der Waals surface area contributed by atoms with Crippen molar-refractivity contribution in [2.45, 2.75) is 161 Å². The van der Waals surface area contributed by atoms with Gasteiger partial charge in [-0.3, -0.25) is 4.79 Å². The lowest BCUT2D eigenvalue weighted by Gasteiger charge is -2.19. The van der Waals surface area contributed by atoms with Crippen LogP contribution in [0.2, 0.25) is 0 Å². The Bertz CT molecular complexity index is 474. The summed E-state index contributed by atoms with van der Waals surface area (Å²) < 4.78 is 4.67. The molecule has 0 N–H and O–H groups in total. The van der Waals surface area contributed by atoms with Gasteiger partial charge >= 0.3 is 5.97 Å². The summed E-state index contributed by atoms with van der Waals surface area (Å²) in [5.41, 5.74) is 0. The first-order valence-corrected chi connectivity index (χ1v) is 16.0. The summed E-state index contributed by atoms with van der Waals surface area (Å²) in [7, 11) is 5.91. The highest BCUT2D eigenvalue weighted by Crippen LogP contribution is 2.22. The van der Waals surface area contributed by atoms with E-state index in [4.69, 9.17) is 0 Å². The molecule has 1 atom stereocenters. The van der Waals surface area contributed by atoms with Gasteiger partial charge in [-0.2, -0.15) is 0 Å². The van der Waals surface area contributed by atoms with Crippen molar-refractivity contribution >= 4 is 5.97 Å². The van der Waals surface area contributed by atoms with E-state index in [0.717, 1.165) is 18.8 Å². The summed E-state index contributed by atoms with van der Waals surface area (Å²) in [6.45, 7) is 3.57. The number of allylic oxidation sites excluding steroid dienone is 2. The van der Waals surface area contributed by atoms with Crippen molar-refractivity contribution in [2.24, 2.45) is 5.92 Å². The number of hydrogen-bond donors (Lipinski definition) is 0. The molecule has 214 valence electrons. The van der Waals surface area contributed by atoms with Crippen LogP contribution in [0.4, 0.5) is 0 Å². The Balaban J connectivity index is 3.48. The fourth-order valence-corrected chi connectivity index (χ4v) is 5.07. The van der Waals surface area contributed by atoms with Crippen LogP contribution < -0.4 is 0 Å². The van der Waals surface area contributed by atoms with E-state index in [1.807, 2.05) is 0 Å². The van der Waals surface area contributed by atoms with Gasteiger partial charge in [-0.25, -0.2) is 0 Å². The normalized spacial score (nSPS) is 12.6. The molecule has 0 radical (unpaired) electrons. The first-order valence-electron chi connectivity index (χ1n) is 16.0. The average Bonchev–Trinajstić information content (AvgIpc) is 2.87. The fraction of sp³-hybridized carbons (Fsp3) is 0.909. The van der Waals surface area contributed by atoms with Crippen LogP contribution >= 0.6 is 0 Å². The van der Waals surface area contributed by atoms with E-state index >= 15 is 0 Å². The van der Waals surface area contributed by atoms with Crippen LogP contribution in [0.25, 0.3) is 0 Å². The number of rotatable bonds is 28. The first kappa shape index (κ1) is 35.2. The molecule has 0 aromatic carbocycles. The number of nitrogens with zero attached hydrogens (tertiary/aromatic N) is 1. The third-order valence-corrected chi connectivity index (χ3v) is 7.58. The molecule has 3 heteroatoms. The number of carbonyl (C=O) groups is 1. The zero-order valence-electron chi connectivity index (χ0n) is 25.2. The number of esters is 1. The van der Waals surface area contributed by atoms with Gasteiger partial charge < -0.3 is 9.64 Å². The Kier molecular flexibility index (Phi) is 28.1. The minimum Gasteiger partial charge on any atom is -0.469 e. The van der Waals surface area contributed by atoms with E-state index < -0.39 is 0 Å². The molecule has 0 aliphatic heterocycles. The molecule has 0 spiro atoms. The average molecular weight is 508 g/mol. The smallest absolute Gasteiger partial charge is 0.305 e. The highest BCUT2D eigenvalue weighted by Gasteiger charge is 2.09. The molecule has 0 heterocycles. The van der Waals surface area contributed by atoms with Crippen LogP contribution in [0.3, 0.4) is 0 Å². The first-order chi connectivity index (χ1) is 17.6. The lowest BCUT2D eigenvalue weighted by molar-refractivity contribution is -0.140. The molecule has 0 aliphatic carbocycles. The highest BCUT2D eigenvalue weighted by molar-refractivity contribution is 5.68. The van der Waals surface area contributed by atoms with Gasteiger partial charge in [-0.15, -0.1) is 0 Å². The second kappa shape index (κ2) is 28.7. The predicted octanol–water partition coefficient (Wildman–Crippen LogP) is 10.3. The van der Waals surface area contributed by atoms with Crippen LogP contribution in [-0.4, -0.2) is 38.6 Å². The molecule has 36 heavy (non-hydrogen) atoms. The summed E-state index contributed by atoms with van der Waals surface area (Å²) in [5.74, 6) is 0.886. The molecule has 0 aromatic heterocycles. The maximum atomic E-state index is 11.1. The number of ether oxygens (including phenoxy) is 1. The molecule has 0 amide bonds. The number of hydrogen-bond acceptors (Lipinski definition) is 3. The maximum Gasteiger partial charge on any atom is 0.305 e. The van der Waals surface area contributed by atoms with E-state index in [0.29, 0.717) is 6.42 Å². The van der Waals surface area contributed by atoms with Crippen molar-refractivity contribution < 1.29 is 9.53 Å². The van der Waals surface area contributed by atoms with Crippen LogP contribution in [0.5, 0.6) is 0 Å². The minimum absolute atomic E-state index is 0.0728. The molecule has 0 aliphatic rings. The molecule has 0 fully saturated rings. The van der Waals surface area contributed by atoms with E-state index in [2.05, 4.69) is 42.8 Å². The number of methoxy groups -OCH3 is 1. The molecular formula is C33H65NO2. The third kappa shape index (κ3) is 27.8. The summed E-state index contributed by atoms with van der Waals surface area (Å²) in [5, 5.41) is 0. The Morgan fingerprint density at radius 3 is 1.56 bits per heavy atom. The van der Waals surface area contributed by atoms with Crippen LogP contribution in [0.1, 0.15) is 161 Å². The standard InChI is InChI=1S/C33H65NO2/c1-5-6-7-21-24-27-32(30-31-34(2)3)28-25-22-19-17-15-13-11-9-8-10-12-14-16-18-20-23-26-29-33(35)36-4/h10,12,32H,5-9,11,13-31H2,1-4H3. The molecule has 0 saturated carbocycles. The molecular weight excluding hydrogens is 442 g/mol. The highest BCUT2D eigenvalue weighted by atomic mass is 16.5. The van der Waals surface area contributed by atoms with Gasteiger partial charge in [0.1, 0.15) is 0 Å². The SMILES string of the molecule is CCCCCCCC(CCCCCCCCCCC=CCCCCCCCC(=O)OC)CCN(C)C. The molecule has 0 bridgehead atoms. The second-order valence-corrected chi connectivity index (χ2v) is 11.4. The van der Waals surface area contributed by atoms with E-state index in [1.165, 1.54) is 148 Å². The van der Waals surface area contributed by atoms with Gasteiger partial charge in [0, 0.05) is 6.42 Å². The lowest BCUT2D eigenvalue weighted by atomic mass is 9.91. The Hall–Kier alpha value is -0.830. The van der Waals surface area contributed by atoms with Crippen molar-refractivity contribution in [1.82, 2.24) is 4.90 Å². The van der Waals surface area contributed by atoms with E-state index in [-0.39, 0.29) is 5.97 Å². The number of carbonyl (C=O) groups excluding carboxylic acids is 1. The minimum atomic E-state index is -0.0728. The quantitative estimate of drug-likeness (QED) is 0.0599. The summed E-state index contributed by atoms with van der Waals surface area (Å²) in [6.07, 6.45) is 36.6. The predicted molar refractivity (Wildman–Crippen MR) is 160 cm³/mol. The van der Waals surface area contributed by atoms with Crippen LogP contribution in [0, 0.1) is 5.92 Å². The fourth-order valence-electron chi connectivity index (χ4n) is 5.07. The summed E-state index contributed by atoms with van der Waals surface area (Å²) in [6, 6.07) is 0. The monoisotopic (exact) mass is 508 g/mol. The van der Waals surface area contributed by atoms with E-state index in [1.54, 1.807) is 0 Å². The maximum absolute atomic E-state index is 11.1. The molecule has 0 rings (SSSR count). The van der Waals surface area contributed by atoms with Crippen molar-refractivity contribution in [2.75, 3.05) is 27.7 Å². The van der Waals surface area contributed by atoms with Crippen molar-refractivity contribution in [3.05, 3.63) is 12.2 Å². The Labute approximate surface area is 227 Å². The Morgan fingerprint density at radius 1 is 0.639 bits per heavy atom. The largest absolute Gasteiger partial charge is 0.469 e. The summed E-state index contributed by atoms with van der Waals surface area (Å²) >= 11 is 0. The molecule has 0 saturated heterocycles. The van der Waals surface area contributed by atoms with Crippen molar-refractivity contribution in [1.29, 1.82) is 0 Å². The third-order valence-electron chi connectivity index (χ3n) is 7.58. The topological polar surface area (TPSA) is 29.5 Å². The zero-order valence-corrected chi connectivity index (χ0v) is 25.2. The van der Waals surface area contributed by atoms with Crippen molar-refractivity contribution in [3.8, 4) is 0 Å². The number of unbranched alkanes of at least 4 members (excludes halogenated alkanes) is 17. The lowest BCUT2D eigenvalue weighted by Crippen LogP contribution is -2.17. The van der Waals surface area contributed by atoms with Crippen molar-refractivity contribution in [3.63, 3.8) is 0 Å². The van der Waals surface area contributed by atoms with Gasteiger partial charge in [0.05, 0.1) is 7.11 Å². The van der Waals surface area contributed by atoms with Crippen LogP contribution in [0.15, 0.2) is 12.2 Å².